The van der Waals surface area contributed by atoms with Gasteiger partial charge in [-0.3, -0.25) is 9.78 Å². The highest BCUT2D eigenvalue weighted by Gasteiger charge is 2.23. The number of hydrogen-bond donors (Lipinski definition) is 1. The van der Waals surface area contributed by atoms with E-state index in [1.165, 1.54) is 4.68 Å². The van der Waals surface area contributed by atoms with Gasteiger partial charge in [0.1, 0.15) is 10.3 Å². The summed E-state index contributed by atoms with van der Waals surface area (Å²) in [5.74, 6) is 0.404. The van der Waals surface area contributed by atoms with E-state index in [1.807, 2.05) is 13.0 Å². The van der Waals surface area contributed by atoms with Crippen LogP contribution in [0.25, 0.3) is 28.7 Å². The Kier molecular flexibility index (Phi) is 6.33. The summed E-state index contributed by atoms with van der Waals surface area (Å²) < 4.78 is 7.31. The first-order valence-corrected chi connectivity index (χ1v) is 11.7. The molecule has 0 saturated carbocycles. The van der Waals surface area contributed by atoms with Crippen LogP contribution in [0.4, 0.5) is 5.69 Å². The summed E-state index contributed by atoms with van der Waals surface area (Å²) >= 11 is 15.9. The van der Waals surface area contributed by atoms with Crippen LogP contribution in [0.1, 0.15) is 16.1 Å². The monoisotopic (exact) mass is 569 g/mol. The summed E-state index contributed by atoms with van der Waals surface area (Å²) in [5, 5.41) is 12.1. The van der Waals surface area contributed by atoms with Gasteiger partial charge in [-0.1, -0.05) is 28.4 Å². The summed E-state index contributed by atoms with van der Waals surface area (Å²) in [6.45, 7) is 1.81. The second-order valence-electron chi connectivity index (χ2n) is 7.34. The maximum atomic E-state index is 13.4. The van der Waals surface area contributed by atoms with Crippen molar-refractivity contribution in [3.8, 4) is 28.7 Å². The second-order valence-corrected chi connectivity index (χ2v) is 8.99. The maximum Gasteiger partial charge on any atom is 0.274 e. The Morgan fingerprint density at radius 1 is 1.14 bits per heavy atom. The molecule has 5 aromatic rings. The van der Waals surface area contributed by atoms with Crippen molar-refractivity contribution in [3.05, 3.63) is 87.0 Å². The molecule has 0 atom stereocenters. The van der Waals surface area contributed by atoms with Gasteiger partial charge >= 0.3 is 0 Å². The summed E-state index contributed by atoms with van der Waals surface area (Å²) in [7, 11) is 0. The van der Waals surface area contributed by atoms with E-state index in [-0.39, 0.29) is 11.6 Å². The number of aryl methyl sites for hydroxylation is 1. The molecule has 9 nitrogen and oxygen atoms in total. The number of nitrogens with one attached hydrogen (secondary N) is 1. The third-order valence-corrected chi connectivity index (χ3v) is 5.87. The van der Waals surface area contributed by atoms with Crippen LogP contribution in [0.2, 0.25) is 10.0 Å². The topological polar surface area (TPSA) is 112 Å². The number of halogens is 3. The van der Waals surface area contributed by atoms with Crippen molar-refractivity contribution in [2.45, 2.75) is 6.92 Å². The van der Waals surface area contributed by atoms with E-state index in [0.29, 0.717) is 48.7 Å². The highest BCUT2D eigenvalue weighted by Crippen LogP contribution is 2.35. The van der Waals surface area contributed by atoms with Crippen LogP contribution in [-0.2, 0) is 0 Å². The lowest BCUT2D eigenvalue weighted by atomic mass is 10.1. The average molecular weight is 571 g/mol. The minimum absolute atomic E-state index is 0.187. The fourth-order valence-electron chi connectivity index (χ4n) is 3.41. The molecule has 1 N–H and O–H groups in total. The number of nitrogens with zero attached hydrogens (tertiary/aromatic N) is 6. The van der Waals surface area contributed by atoms with E-state index in [1.54, 1.807) is 55.0 Å². The van der Waals surface area contributed by atoms with E-state index in [4.69, 9.17) is 27.7 Å². The lowest BCUT2D eigenvalue weighted by Gasteiger charge is -2.13. The molecule has 1 amide bonds. The first kappa shape index (κ1) is 23.2. The number of rotatable bonds is 5. The van der Waals surface area contributed by atoms with Crippen molar-refractivity contribution in [1.82, 2.24) is 29.9 Å². The number of benzene rings is 1. The molecule has 4 aromatic heterocycles. The van der Waals surface area contributed by atoms with Crippen LogP contribution >= 0.6 is 39.1 Å². The molecular weight excluding hydrogens is 557 g/mol. The van der Waals surface area contributed by atoms with Gasteiger partial charge in [0.2, 0.25) is 5.82 Å². The molecular formula is C23H14BrCl2N7O2. The molecule has 174 valence electrons. The van der Waals surface area contributed by atoms with Crippen molar-refractivity contribution in [2.75, 3.05) is 5.32 Å². The van der Waals surface area contributed by atoms with E-state index in [9.17, 15) is 4.79 Å². The number of pyridine rings is 2. The molecule has 5 rings (SSSR count). The molecule has 0 aliphatic carbocycles. The number of hydrogen-bond acceptors (Lipinski definition) is 7. The Hall–Kier alpha value is -3.60. The minimum atomic E-state index is -0.455. The Morgan fingerprint density at radius 2 is 1.97 bits per heavy atom. The molecule has 0 radical (unpaired) electrons. The largest absolute Gasteiger partial charge is 0.334 e. The molecule has 0 fully saturated rings. The quantitative estimate of drug-likeness (QED) is 0.275. The molecule has 0 unspecified atom stereocenters. The van der Waals surface area contributed by atoms with Gasteiger partial charge in [-0.15, -0.1) is 0 Å². The standard InChI is InChI=1S/C23H14BrCl2N7O2/c1-12-8-14(25)9-15(23-30-20(32-35-23)13-4-2-6-27-11-13)19(12)29-22(34)17-10-18(24)31-33(17)21-16(26)5-3-7-28-21/h2-11H,1H3,(H,29,34). The van der Waals surface area contributed by atoms with Gasteiger partial charge in [-0.25, -0.2) is 9.67 Å². The summed E-state index contributed by atoms with van der Waals surface area (Å²) in [4.78, 5) is 26.2. The molecule has 12 heteroatoms. The average Bonchev–Trinajstić information content (AvgIpc) is 3.49. The highest BCUT2D eigenvalue weighted by molar-refractivity contribution is 9.10. The summed E-state index contributed by atoms with van der Waals surface area (Å²) in [6.07, 6.45) is 4.84. The third kappa shape index (κ3) is 4.68. The molecule has 35 heavy (non-hydrogen) atoms. The van der Waals surface area contributed by atoms with Crippen LogP contribution < -0.4 is 5.32 Å². The lowest BCUT2D eigenvalue weighted by molar-refractivity contribution is 0.101. The lowest BCUT2D eigenvalue weighted by Crippen LogP contribution is -2.18. The van der Waals surface area contributed by atoms with E-state index >= 15 is 0 Å². The molecule has 1 aromatic carbocycles. The van der Waals surface area contributed by atoms with E-state index in [2.05, 4.69) is 46.5 Å². The molecule has 0 spiro atoms. The van der Waals surface area contributed by atoms with Crippen molar-refractivity contribution < 1.29 is 9.32 Å². The Labute approximate surface area is 217 Å². The smallest absolute Gasteiger partial charge is 0.274 e. The van der Waals surface area contributed by atoms with Gasteiger partial charge in [-0.2, -0.15) is 10.1 Å². The molecule has 4 heterocycles. The molecule has 0 bridgehead atoms. The number of carbonyl (C=O) groups is 1. The van der Waals surface area contributed by atoms with E-state index in [0.717, 1.165) is 0 Å². The van der Waals surface area contributed by atoms with Crippen LogP contribution in [0, 0.1) is 6.92 Å². The number of amides is 1. The van der Waals surface area contributed by atoms with Crippen molar-refractivity contribution in [2.24, 2.45) is 0 Å². The van der Waals surface area contributed by atoms with Crippen LogP contribution in [0.3, 0.4) is 0 Å². The predicted molar refractivity (Wildman–Crippen MR) is 135 cm³/mol. The number of aromatic nitrogens is 6. The zero-order chi connectivity index (χ0) is 24.5. The zero-order valence-electron chi connectivity index (χ0n) is 17.9. The normalized spacial score (nSPS) is 11.0. The van der Waals surface area contributed by atoms with Gasteiger partial charge in [0.25, 0.3) is 11.8 Å². The predicted octanol–water partition coefficient (Wildman–Crippen LogP) is 6.01. The second kappa shape index (κ2) is 9.57. The van der Waals surface area contributed by atoms with Crippen LogP contribution in [0.15, 0.2) is 70.2 Å². The van der Waals surface area contributed by atoms with Crippen LogP contribution in [-0.4, -0.2) is 35.8 Å². The third-order valence-electron chi connectivity index (χ3n) is 4.97. The van der Waals surface area contributed by atoms with Crippen molar-refractivity contribution in [3.63, 3.8) is 0 Å². The Morgan fingerprint density at radius 3 is 2.74 bits per heavy atom. The Bertz CT molecular complexity index is 1550. The summed E-state index contributed by atoms with van der Waals surface area (Å²) in [5.41, 5.74) is 2.51. The van der Waals surface area contributed by atoms with Gasteiger partial charge in [0.15, 0.2) is 5.82 Å². The first-order chi connectivity index (χ1) is 16.9. The SMILES string of the molecule is Cc1cc(Cl)cc(-c2nc(-c3cccnc3)no2)c1NC(=O)c1cc(Br)nn1-c1ncccc1Cl. The summed E-state index contributed by atoms with van der Waals surface area (Å²) in [6, 6.07) is 11.9. The van der Waals surface area contributed by atoms with Gasteiger partial charge in [0.05, 0.1) is 16.3 Å². The van der Waals surface area contributed by atoms with E-state index < -0.39 is 5.91 Å². The fraction of sp³-hybridized carbons (Fsp3) is 0.0435. The fourth-order valence-corrected chi connectivity index (χ4v) is 4.26. The minimum Gasteiger partial charge on any atom is -0.334 e. The van der Waals surface area contributed by atoms with Crippen molar-refractivity contribution in [1.29, 1.82) is 0 Å². The maximum absolute atomic E-state index is 13.4. The van der Waals surface area contributed by atoms with Gasteiger partial charge < -0.3 is 9.84 Å². The van der Waals surface area contributed by atoms with Crippen molar-refractivity contribution >= 4 is 50.7 Å². The first-order valence-electron chi connectivity index (χ1n) is 10.1. The molecule has 0 aliphatic rings. The molecule has 0 aliphatic heterocycles. The molecule has 0 saturated heterocycles. The highest BCUT2D eigenvalue weighted by atomic mass is 79.9. The number of anilines is 1. The van der Waals surface area contributed by atoms with Gasteiger partial charge in [-0.05, 0) is 64.8 Å². The number of carbonyl (C=O) groups excluding carboxylic acids is 1. The zero-order valence-corrected chi connectivity index (χ0v) is 21.0. The Balaban J connectivity index is 1.54. The van der Waals surface area contributed by atoms with Gasteiger partial charge in [0, 0.05) is 35.2 Å². The van der Waals surface area contributed by atoms with Crippen LogP contribution in [0.5, 0.6) is 0 Å².